The van der Waals surface area contributed by atoms with Crippen LogP contribution in [0.3, 0.4) is 0 Å². The Bertz CT molecular complexity index is 1260. The summed E-state index contributed by atoms with van der Waals surface area (Å²) in [7, 11) is 1.58. The van der Waals surface area contributed by atoms with Crippen molar-refractivity contribution in [2.45, 2.75) is 13.1 Å². The van der Waals surface area contributed by atoms with Gasteiger partial charge in [-0.25, -0.2) is 4.85 Å². The zero-order valence-corrected chi connectivity index (χ0v) is 17.5. The van der Waals surface area contributed by atoms with Crippen molar-refractivity contribution in [3.63, 3.8) is 0 Å². The number of pyridine rings is 1. The molecule has 0 amide bonds. The zero-order chi connectivity index (χ0) is 21.6. The van der Waals surface area contributed by atoms with Gasteiger partial charge in [-0.1, -0.05) is 35.9 Å². The van der Waals surface area contributed by atoms with Crippen molar-refractivity contribution in [2.24, 2.45) is 0 Å². The Labute approximate surface area is 184 Å². The molecule has 2 aromatic carbocycles. The number of aromatic nitrogens is 3. The molecule has 0 bridgehead atoms. The number of nitrogens with one attached hydrogen (secondary N) is 2. The highest BCUT2D eigenvalue weighted by Crippen LogP contribution is 2.31. The first-order chi connectivity index (χ1) is 15.2. The number of anilines is 2. The molecule has 0 atom stereocenters. The van der Waals surface area contributed by atoms with E-state index >= 15 is 0 Å². The molecule has 0 aliphatic carbocycles. The summed E-state index contributed by atoms with van der Waals surface area (Å²) in [6.45, 7) is 8.37. The fourth-order valence-electron chi connectivity index (χ4n) is 3.16. The van der Waals surface area contributed by atoms with E-state index in [1.165, 1.54) is 0 Å². The molecule has 0 unspecified atom stereocenters. The molecule has 0 saturated heterocycles. The molecule has 4 rings (SSSR count). The first-order valence-corrected chi connectivity index (χ1v) is 9.93. The third-order valence-electron chi connectivity index (χ3n) is 4.73. The van der Waals surface area contributed by atoms with E-state index < -0.39 is 0 Å². The van der Waals surface area contributed by atoms with E-state index in [2.05, 4.69) is 30.7 Å². The van der Waals surface area contributed by atoms with Gasteiger partial charge in [0.25, 0.3) is 0 Å². The summed E-state index contributed by atoms with van der Waals surface area (Å²) >= 11 is 6.22. The molecule has 0 spiro atoms. The van der Waals surface area contributed by atoms with E-state index in [9.17, 15) is 0 Å². The minimum atomic E-state index is 0.496. The van der Waals surface area contributed by atoms with Crippen LogP contribution in [0.4, 0.5) is 17.3 Å². The Kier molecular flexibility index (Phi) is 6.11. The number of nitrogens with zero attached hydrogens (tertiary/aromatic N) is 4. The van der Waals surface area contributed by atoms with Crippen LogP contribution in [0.1, 0.15) is 11.3 Å². The van der Waals surface area contributed by atoms with Gasteiger partial charge in [-0.15, -0.1) is 10.2 Å². The highest BCUT2D eigenvalue weighted by atomic mass is 35.5. The average Bonchev–Trinajstić information content (AvgIpc) is 2.82. The summed E-state index contributed by atoms with van der Waals surface area (Å²) in [5.41, 5.74) is 2.40. The number of halogens is 1. The fourth-order valence-corrected chi connectivity index (χ4v) is 3.44. The van der Waals surface area contributed by atoms with Crippen molar-refractivity contribution in [1.29, 1.82) is 0 Å². The van der Waals surface area contributed by atoms with Crippen LogP contribution >= 0.6 is 11.6 Å². The molecule has 0 saturated carbocycles. The van der Waals surface area contributed by atoms with Gasteiger partial charge in [0, 0.05) is 23.5 Å². The Morgan fingerprint density at radius 3 is 2.48 bits per heavy atom. The number of ether oxygens (including phenoxy) is 1. The van der Waals surface area contributed by atoms with Crippen LogP contribution in [0.5, 0.6) is 5.75 Å². The third kappa shape index (κ3) is 4.65. The molecule has 154 valence electrons. The Balaban J connectivity index is 1.61. The monoisotopic (exact) mass is 430 g/mol. The molecule has 31 heavy (non-hydrogen) atoms. The molecule has 0 aliphatic rings. The van der Waals surface area contributed by atoms with E-state index in [4.69, 9.17) is 22.9 Å². The number of benzene rings is 2. The lowest BCUT2D eigenvalue weighted by Crippen LogP contribution is -2.08. The molecule has 2 heterocycles. The van der Waals surface area contributed by atoms with Crippen molar-refractivity contribution in [3.8, 4) is 5.75 Å². The summed E-state index contributed by atoms with van der Waals surface area (Å²) in [6, 6.07) is 16.8. The first kappa shape index (κ1) is 20.4. The number of rotatable bonds is 7. The largest absolute Gasteiger partial charge is 0.495 e. The van der Waals surface area contributed by atoms with Gasteiger partial charge >= 0.3 is 0 Å². The third-order valence-corrected chi connectivity index (χ3v) is 5.03. The number of hydrogen-bond acceptors (Lipinski definition) is 6. The van der Waals surface area contributed by atoms with E-state index in [-0.39, 0.29) is 0 Å². The maximum atomic E-state index is 7.35. The Hall–Kier alpha value is -3.89. The second kappa shape index (κ2) is 9.28. The van der Waals surface area contributed by atoms with Gasteiger partial charge in [0.1, 0.15) is 5.75 Å². The molecular weight excluding hydrogens is 412 g/mol. The van der Waals surface area contributed by atoms with Gasteiger partial charge < -0.3 is 15.4 Å². The summed E-state index contributed by atoms with van der Waals surface area (Å²) in [5, 5.41) is 17.5. The van der Waals surface area contributed by atoms with Gasteiger partial charge in [0.2, 0.25) is 0 Å². The fraction of sp³-hybridized carbons (Fsp3) is 0.130. The highest BCUT2D eigenvalue weighted by Gasteiger charge is 2.11. The predicted molar refractivity (Wildman–Crippen MR) is 123 cm³/mol. The first-order valence-electron chi connectivity index (χ1n) is 9.56. The van der Waals surface area contributed by atoms with Crippen molar-refractivity contribution in [2.75, 3.05) is 17.7 Å². The van der Waals surface area contributed by atoms with E-state index in [1.807, 2.05) is 48.5 Å². The summed E-state index contributed by atoms with van der Waals surface area (Å²) < 4.78 is 5.20. The van der Waals surface area contributed by atoms with Gasteiger partial charge in [-0.2, -0.15) is 0 Å². The van der Waals surface area contributed by atoms with Crippen LogP contribution in [-0.4, -0.2) is 22.3 Å². The topological polar surface area (TPSA) is 76.3 Å². The summed E-state index contributed by atoms with van der Waals surface area (Å²) in [4.78, 5) is 7.86. The molecule has 8 heteroatoms. The van der Waals surface area contributed by atoms with Gasteiger partial charge in [-0.05, 0) is 35.9 Å². The molecule has 7 nitrogen and oxygen atoms in total. The van der Waals surface area contributed by atoms with Crippen molar-refractivity contribution in [3.05, 3.63) is 88.5 Å². The SMILES string of the molecule is [C-]#[N+]c1ccc2c(NCc3ccccn3)nnc(NCc3ccc(OC)c(Cl)c3)c2c1. The maximum absolute atomic E-state index is 7.35. The lowest BCUT2D eigenvalue weighted by Gasteiger charge is -2.13. The molecule has 2 aromatic heterocycles. The second-order valence-corrected chi connectivity index (χ2v) is 7.14. The van der Waals surface area contributed by atoms with Crippen LogP contribution in [0.25, 0.3) is 15.6 Å². The highest BCUT2D eigenvalue weighted by molar-refractivity contribution is 6.32. The summed E-state index contributed by atoms with van der Waals surface area (Å²) in [5.74, 6) is 1.85. The van der Waals surface area contributed by atoms with E-state index in [0.717, 1.165) is 22.0 Å². The van der Waals surface area contributed by atoms with Gasteiger partial charge in [0.05, 0.1) is 30.9 Å². The molecule has 0 radical (unpaired) electrons. The van der Waals surface area contributed by atoms with Crippen LogP contribution in [0, 0.1) is 6.57 Å². The molecular formula is C23H19ClN6O. The minimum Gasteiger partial charge on any atom is -0.495 e. The average molecular weight is 431 g/mol. The Morgan fingerprint density at radius 2 is 1.77 bits per heavy atom. The standard InChI is InChI=1S/C23H19ClN6O/c1-25-16-7-8-18-19(12-16)23(27-13-15-6-9-21(31-2)20(24)11-15)30-29-22(18)28-14-17-5-3-4-10-26-17/h3-12H,13-14H2,2H3,(H,27,30)(H,28,29). The summed E-state index contributed by atoms with van der Waals surface area (Å²) in [6.07, 6.45) is 1.75. The molecule has 4 aromatic rings. The smallest absolute Gasteiger partial charge is 0.188 e. The number of fused-ring (bicyclic) bond motifs is 1. The van der Waals surface area contributed by atoms with Crippen LogP contribution in [-0.2, 0) is 13.1 Å². The van der Waals surface area contributed by atoms with Crippen LogP contribution in [0.15, 0.2) is 60.8 Å². The van der Waals surface area contributed by atoms with Crippen molar-refractivity contribution in [1.82, 2.24) is 15.2 Å². The van der Waals surface area contributed by atoms with E-state index in [1.54, 1.807) is 19.4 Å². The van der Waals surface area contributed by atoms with Crippen molar-refractivity contribution >= 4 is 39.7 Å². The lowest BCUT2D eigenvalue weighted by molar-refractivity contribution is 0.415. The number of hydrogen-bond donors (Lipinski definition) is 2. The van der Waals surface area contributed by atoms with E-state index in [0.29, 0.717) is 41.2 Å². The minimum absolute atomic E-state index is 0.496. The normalized spacial score (nSPS) is 10.5. The number of methoxy groups -OCH3 is 1. The maximum Gasteiger partial charge on any atom is 0.188 e. The Morgan fingerprint density at radius 1 is 0.968 bits per heavy atom. The molecule has 0 aliphatic heterocycles. The molecule has 2 N–H and O–H groups in total. The second-order valence-electron chi connectivity index (χ2n) is 6.74. The van der Waals surface area contributed by atoms with Crippen molar-refractivity contribution < 1.29 is 4.74 Å². The predicted octanol–water partition coefficient (Wildman–Crippen LogP) is 5.46. The molecule has 0 fully saturated rings. The zero-order valence-electron chi connectivity index (χ0n) is 16.8. The van der Waals surface area contributed by atoms with Gasteiger partial charge in [0.15, 0.2) is 17.3 Å². The van der Waals surface area contributed by atoms with Crippen LogP contribution < -0.4 is 15.4 Å². The quantitative estimate of drug-likeness (QED) is 0.379. The van der Waals surface area contributed by atoms with Crippen LogP contribution in [0.2, 0.25) is 5.02 Å². The van der Waals surface area contributed by atoms with Gasteiger partial charge in [-0.3, -0.25) is 4.98 Å². The lowest BCUT2D eigenvalue weighted by atomic mass is 10.1.